The number of hydrogen-bond acceptors (Lipinski definition) is 6. The Labute approximate surface area is 236 Å². The zero-order valence-corrected chi connectivity index (χ0v) is 23.2. The molecule has 1 saturated carbocycles. The molecule has 0 amide bonds. The number of ether oxygens (including phenoxy) is 1. The summed E-state index contributed by atoms with van der Waals surface area (Å²) in [4.78, 5) is 6.36. The van der Waals surface area contributed by atoms with Gasteiger partial charge in [-0.2, -0.15) is 13.2 Å². The van der Waals surface area contributed by atoms with Gasteiger partial charge in [0.15, 0.2) is 11.5 Å². The van der Waals surface area contributed by atoms with E-state index in [1.807, 2.05) is 38.1 Å². The fraction of sp³-hybridized carbons (Fsp3) is 0.444. The lowest BCUT2D eigenvalue weighted by Gasteiger charge is -2.30. The summed E-state index contributed by atoms with van der Waals surface area (Å²) in [5.74, 6) is 1.62. The van der Waals surface area contributed by atoms with Crippen LogP contribution in [0.4, 0.5) is 13.2 Å². The molecule has 7 nitrogen and oxygen atoms in total. The molecule has 2 atom stereocenters. The van der Waals surface area contributed by atoms with E-state index in [-0.39, 0.29) is 49.1 Å². The standard InChI is InChI=1S/C27H29F3N6O.2ClH/c1-15(2)37-21-9-6-17-5-8-20(32-24(17)23(21)16-3-4-16)26-34-33-22-10-7-18(13-36(22)26)25(27(28,29)30)35-12-11-19(31)14-35;;/h5-10,13,15-16,19,25H,3-4,11-12,14,31H2,1-2H3;2*1H/t19?,25-;;/m1../s1. The van der Waals surface area contributed by atoms with Crippen LogP contribution in [-0.4, -0.2) is 55.9 Å². The Morgan fingerprint density at radius 2 is 1.74 bits per heavy atom. The van der Waals surface area contributed by atoms with Crippen molar-refractivity contribution in [3.8, 4) is 17.3 Å². The number of likely N-dealkylation sites (tertiary alicyclic amines) is 1. The summed E-state index contributed by atoms with van der Waals surface area (Å²) in [6.07, 6.45) is -0.230. The highest BCUT2D eigenvalue weighted by Gasteiger charge is 2.46. The zero-order chi connectivity index (χ0) is 25.9. The molecule has 0 radical (unpaired) electrons. The van der Waals surface area contributed by atoms with E-state index in [9.17, 15) is 13.2 Å². The predicted octanol–water partition coefficient (Wildman–Crippen LogP) is 6.09. The number of rotatable bonds is 6. The number of alkyl halides is 3. The summed E-state index contributed by atoms with van der Waals surface area (Å²) < 4.78 is 50.3. The maximum Gasteiger partial charge on any atom is 0.408 e. The van der Waals surface area contributed by atoms with E-state index >= 15 is 0 Å². The monoisotopic (exact) mass is 582 g/mol. The highest BCUT2D eigenvalue weighted by molar-refractivity contribution is 5.87. The van der Waals surface area contributed by atoms with Gasteiger partial charge >= 0.3 is 6.18 Å². The fourth-order valence-corrected chi connectivity index (χ4v) is 5.34. The molecule has 1 aliphatic carbocycles. The quantitative estimate of drug-likeness (QED) is 0.296. The van der Waals surface area contributed by atoms with Crippen LogP contribution in [-0.2, 0) is 0 Å². The second-order valence-electron chi connectivity index (χ2n) is 10.4. The average Bonchev–Trinajstić information content (AvgIpc) is 3.45. The van der Waals surface area contributed by atoms with Gasteiger partial charge in [0.05, 0.1) is 11.6 Å². The number of halogens is 5. The van der Waals surface area contributed by atoms with Crippen molar-refractivity contribution < 1.29 is 17.9 Å². The third kappa shape index (κ3) is 5.66. The smallest absolute Gasteiger partial charge is 0.408 e. The minimum Gasteiger partial charge on any atom is -0.491 e. The Morgan fingerprint density at radius 1 is 1.00 bits per heavy atom. The van der Waals surface area contributed by atoms with Crippen LogP contribution in [0, 0.1) is 0 Å². The van der Waals surface area contributed by atoms with Crippen LogP contribution in [0.2, 0.25) is 0 Å². The van der Waals surface area contributed by atoms with Crippen molar-refractivity contribution in [1.29, 1.82) is 0 Å². The number of fused-ring (bicyclic) bond motifs is 2. The summed E-state index contributed by atoms with van der Waals surface area (Å²) in [5.41, 5.74) is 8.99. The van der Waals surface area contributed by atoms with Crippen molar-refractivity contribution in [1.82, 2.24) is 24.5 Å². The Morgan fingerprint density at radius 3 is 2.38 bits per heavy atom. The van der Waals surface area contributed by atoms with Crippen LogP contribution < -0.4 is 10.5 Å². The highest BCUT2D eigenvalue weighted by atomic mass is 35.5. The van der Waals surface area contributed by atoms with Crippen LogP contribution in [0.15, 0.2) is 42.6 Å². The van der Waals surface area contributed by atoms with Crippen molar-refractivity contribution in [2.24, 2.45) is 5.73 Å². The molecule has 4 heterocycles. The molecule has 3 aromatic heterocycles. The van der Waals surface area contributed by atoms with Gasteiger partial charge < -0.3 is 10.5 Å². The van der Waals surface area contributed by atoms with Crippen molar-refractivity contribution in [3.05, 3.63) is 53.7 Å². The normalized spacial score (nSPS) is 18.8. The molecule has 2 fully saturated rings. The fourth-order valence-electron chi connectivity index (χ4n) is 5.34. The first-order valence-corrected chi connectivity index (χ1v) is 12.7. The van der Waals surface area contributed by atoms with Crippen LogP contribution in [0.3, 0.4) is 0 Å². The number of pyridine rings is 2. The molecule has 12 heteroatoms. The lowest BCUT2D eigenvalue weighted by Crippen LogP contribution is -2.38. The van der Waals surface area contributed by atoms with Crippen LogP contribution in [0.1, 0.15) is 56.2 Å². The van der Waals surface area contributed by atoms with Crippen molar-refractivity contribution >= 4 is 41.4 Å². The zero-order valence-electron chi connectivity index (χ0n) is 21.6. The minimum absolute atomic E-state index is 0. The van der Waals surface area contributed by atoms with Gasteiger partial charge in [-0.05, 0) is 68.9 Å². The number of benzene rings is 1. The number of hydrogen-bond donors (Lipinski definition) is 1. The first-order chi connectivity index (χ1) is 17.7. The molecule has 210 valence electrons. The van der Waals surface area contributed by atoms with E-state index in [1.54, 1.807) is 10.5 Å². The third-order valence-electron chi connectivity index (χ3n) is 7.11. The van der Waals surface area contributed by atoms with E-state index < -0.39 is 12.2 Å². The summed E-state index contributed by atoms with van der Waals surface area (Å²) in [7, 11) is 0. The van der Waals surface area contributed by atoms with E-state index in [2.05, 4.69) is 10.2 Å². The Bertz CT molecular complexity index is 1470. The molecule has 0 bridgehead atoms. The van der Waals surface area contributed by atoms with E-state index in [0.29, 0.717) is 36.0 Å². The Balaban J connectivity index is 0.00000176. The molecule has 1 unspecified atom stereocenters. The molecule has 2 N–H and O–H groups in total. The highest BCUT2D eigenvalue weighted by Crippen LogP contribution is 2.47. The van der Waals surface area contributed by atoms with E-state index in [0.717, 1.165) is 35.1 Å². The van der Waals surface area contributed by atoms with Gasteiger partial charge in [0.25, 0.3) is 0 Å². The molecule has 1 aromatic carbocycles. The second kappa shape index (κ2) is 11.1. The van der Waals surface area contributed by atoms with Gasteiger partial charge in [-0.25, -0.2) is 4.98 Å². The lowest BCUT2D eigenvalue weighted by molar-refractivity contribution is -0.183. The Kier molecular flexibility index (Phi) is 8.33. The topological polar surface area (TPSA) is 81.6 Å². The van der Waals surface area contributed by atoms with Crippen molar-refractivity contribution in [2.45, 2.75) is 63.4 Å². The minimum atomic E-state index is -4.45. The number of nitrogens with zero attached hydrogens (tertiary/aromatic N) is 5. The summed E-state index contributed by atoms with van der Waals surface area (Å²) in [6, 6.07) is 8.84. The van der Waals surface area contributed by atoms with E-state index in [4.69, 9.17) is 15.5 Å². The second-order valence-corrected chi connectivity index (χ2v) is 10.4. The molecule has 39 heavy (non-hydrogen) atoms. The van der Waals surface area contributed by atoms with Crippen molar-refractivity contribution in [2.75, 3.05) is 13.1 Å². The largest absolute Gasteiger partial charge is 0.491 e. The summed E-state index contributed by atoms with van der Waals surface area (Å²) >= 11 is 0. The number of nitrogens with two attached hydrogens (primary N) is 1. The molecule has 4 aromatic rings. The van der Waals surface area contributed by atoms with Crippen LogP contribution in [0.5, 0.6) is 5.75 Å². The molecular formula is C27H31Cl2F3N6O. The Hall–Kier alpha value is -2.66. The van der Waals surface area contributed by atoms with Gasteiger partial charge in [-0.15, -0.1) is 35.0 Å². The molecule has 0 spiro atoms. The van der Waals surface area contributed by atoms with Gasteiger partial charge in [-0.3, -0.25) is 9.30 Å². The first kappa shape index (κ1) is 29.3. The molecule has 1 aliphatic heterocycles. The lowest BCUT2D eigenvalue weighted by atomic mass is 10.0. The predicted molar refractivity (Wildman–Crippen MR) is 149 cm³/mol. The summed E-state index contributed by atoms with van der Waals surface area (Å²) in [5, 5.41) is 9.50. The number of aromatic nitrogens is 4. The van der Waals surface area contributed by atoms with Crippen LogP contribution in [0.25, 0.3) is 28.1 Å². The molecular weight excluding hydrogens is 552 g/mol. The maximum atomic E-state index is 14.2. The van der Waals surface area contributed by atoms with E-state index in [1.165, 1.54) is 17.2 Å². The first-order valence-electron chi connectivity index (χ1n) is 12.7. The van der Waals surface area contributed by atoms with Gasteiger partial charge in [-0.1, -0.05) is 12.1 Å². The molecule has 2 aliphatic rings. The van der Waals surface area contributed by atoms with Gasteiger partial charge in [0, 0.05) is 36.3 Å². The SMILES string of the molecule is CC(C)Oc1ccc2ccc(-c3nnc4ccc([C@@H](N5CCC(N)C5)C(F)(F)F)cn34)nc2c1C1CC1.Cl.Cl. The van der Waals surface area contributed by atoms with Crippen LogP contribution >= 0.6 is 24.8 Å². The maximum absolute atomic E-state index is 14.2. The van der Waals surface area contributed by atoms with Crippen molar-refractivity contribution in [3.63, 3.8) is 0 Å². The summed E-state index contributed by atoms with van der Waals surface area (Å²) in [6.45, 7) is 4.49. The molecule has 1 saturated heterocycles. The third-order valence-corrected chi connectivity index (χ3v) is 7.11. The molecule has 6 rings (SSSR count). The van der Waals surface area contributed by atoms with Gasteiger partial charge in [0.1, 0.15) is 17.5 Å². The van der Waals surface area contributed by atoms with Gasteiger partial charge in [0.2, 0.25) is 0 Å². The average molecular weight is 583 g/mol.